The second-order valence-corrected chi connectivity index (χ2v) is 5.18. The normalized spacial score (nSPS) is 12.2. The number of hydrogen-bond donors (Lipinski definition) is 2. The second-order valence-electron chi connectivity index (χ2n) is 5.18. The highest BCUT2D eigenvalue weighted by atomic mass is 16.3. The molecule has 0 radical (unpaired) electrons. The maximum Gasteiger partial charge on any atom is 0.220 e. The van der Waals surface area contributed by atoms with Crippen LogP contribution >= 0.6 is 0 Å². The number of carbonyl (C=O) groups excluding carboxylic acids is 1. The first kappa shape index (κ1) is 15.7. The molecule has 1 aromatic carbocycles. The predicted molar refractivity (Wildman–Crippen MR) is 78.2 cm³/mol. The summed E-state index contributed by atoms with van der Waals surface area (Å²) in [6.45, 7) is 6.29. The lowest BCUT2D eigenvalue weighted by Crippen LogP contribution is -2.35. The molecule has 0 aromatic heterocycles. The molecule has 19 heavy (non-hydrogen) atoms. The molecule has 0 bridgehead atoms. The molecule has 0 spiro atoms. The van der Waals surface area contributed by atoms with Gasteiger partial charge in [-0.2, -0.15) is 0 Å². The van der Waals surface area contributed by atoms with Gasteiger partial charge in [-0.25, -0.2) is 0 Å². The van der Waals surface area contributed by atoms with Crippen LogP contribution < -0.4 is 5.32 Å². The number of carbonyl (C=O) groups is 1. The Bertz CT molecular complexity index is 395. The maximum atomic E-state index is 11.8. The molecule has 1 rings (SSSR count). The molecule has 0 saturated heterocycles. The van der Waals surface area contributed by atoms with Crippen molar-refractivity contribution in [1.29, 1.82) is 0 Å². The molecule has 2 N–H and O–H groups in total. The minimum Gasteiger partial charge on any atom is -0.396 e. The monoisotopic (exact) mass is 263 g/mol. The fourth-order valence-corrected chi connectivity index (χ4v) is 2.31. The predicted octanol–water partition coefficient (Wildman–Crippen LogP) is 2.51. The van der Waals surface area contributed by atoms with Crippen LogP contribution in [0.5, 0.6) is 0 Å². The lowest BCUT2D eigenvalue weighted by Gasteiger charge is -2.15. The number of benzene rings is 1. The number of aryl methyl sites for hydroxylation is 3. The van der Waals surface area contributed by atoms with Gasteiger partial charge >= 0.3 is 0 Å². The standard InChI is InChI=1S/C16H25NO2/c1-4-15(7-8-18)17-16(19)6-5-14-10-12(2)9-13(3)11-14/h9-11,15,18H,4-8H2,1-3H3,(H,17,19). The number of aliphatic hydroxyl groups excluding tert-OH is 1. The summed E-state index contributed by atoms with van der Waals surface area (Å²) in [4.78, 5) is 11.8. The number of amides is 1. The van der Waals surface area contributed by atoms with Gasteiger partial charge in [-0.05, 0) is 38.7 Å². The van der Waals surface area contributed by atoms with Crippen LogP contribution in [0.25, 0.3) is 0 Å². The van der Waals surface area contributed by atoms with Gasteiger partial charge < -0.3 is 10.4 Å². The van der Waals surface area contributed by atoms with E-state index >= 15 is 0 Å². The van der Waals surface area contributed by atoms with Crippen LogP contribution in [0.1, 0.15) is 42.9 Å². The van der Waals surface area contributed by atoms with Gasteiger partial charge in [0, 0.05) is 19.1 Å². The van der Waals surface area contributed by atoms with E-state index in [-0.39, 0.29) is 18.6 Å². The van der Waals surface area contributed by atoms with E-state index in [4.69, 9.17) is 5.11 Å². The molecule has 0 aliphatic rings. The Morgan fingerprint density at radius 3 is 2.42 bits per heavy atom. The largest absolute Gasteiger partial charge is 0.396 e. The summed E-state index contributed by atoms with van der Waals surface area (Å²) in [5, 5.41) is 11.9. The van der Waals surface area contributed by atoms with E-state index in [0.717, 1.165) is 12.8 Å². The van der Waals surface area contributed by atoms with E-state index in [0.29, 0.717) is 12.8 Å². The third-order valence-corrected chi connectivity index (χ3v) is 3.26. The SMILES string of the molecule is CCC(CCO)NC(=O)CCc1cc(C)cc(C)c1. The van der Waals surface area contributed by atoms with Crippen molar-refractivity contribution in [3.05, 3.63) is 34.9 Å². The topological polar surface area (TPSA) is 49.3 Å². The molecule has 1 amide bonds. The summed E-state index contributed by atoms with van der Waals surface area (Å²) in [5.41, 5.74) is 3.69. The zero-order chi connectivity index (χ0) is 14.3. The Hall–Kier alpha value is -1.35. The molecule has 1 aromatic rings. The quantitative estimate of drug-likeness (QED) is 0.794. The average molecular weight is 263 g/mol. The smallest absolute Gasteiger partial charge is 0.220 e. The number of rotatable bonds is 7. The van der Waals surface area contributed by atoms with Crippen molar-refractivity contribution in [2.24, 2.45) is 0 Å². The number of hydrogen-bond acceptors (Lipinski definition) is 2. The molecule has 106 valence electrons. The van der Waals surface area contributed by atoms with Crippen LogP contribution in [0.3, 0.4) is 0 Å². The van der Waals surface area contributed by atoms with Crippen LogP contribution in [0.2, 0.25) is 0 Å². The van der Waals surface area contributed by atoms with E-state index in [9.17, 15) is 4.79 Å². The number of aliphatic hydroxyl groups is 1. The summed E-state index contributed by atoms with van der Waals surface area (Å²) in [6, 6.07) is 6.49. The summed E-state index contributed by atoms with van der Waals surface area (Å²) >= 11 is 0. The van der Waals surface area contributed by atoms with Gasteiger partial charge in [0.2, 0.25) is 5.91 Å². The van der Waals surface area contributed by atoms with Gasteiger partial charge in [0.25, 0.3) is 0 Å². The zero-order valence-corrected chi connectivity index (χ0v) is 12.2. The third-order valence-electron chi connectivity index (χ3n) is 3.26. The van der Waals surface area contributed by atoms with Crippen molar-refractivity contribution in [3.63, 3.8) is 0 Å². The molecule has 0 heterocycles. The van der Waals surface area contributed by atoms with Crippen LogP contribution in [0.4, 0.5) is 0 Å². The Labute approximate surface area is 116 Å². The van der Waals surface area contributed by atoms with E-state index in [2.05, 4.69) is 37.4 Å². The molecule has 0 aliphatic heterocycles. The molecule has 0 aliphatic carbocycles. The van der Waals surface area contributed by atoms with Crippen molar-refractivity contribution < 1.29 is 9.90 Å². The first-order valence-corrected chi connectivity index (χ1v) is 7.02. The van der Waals surface area contributed by atoms with Crippen LogP contribution in [-0.4, -0.2) is 23.7 Å². The Kier molecular flexibility index (Phi) is 6.57. The van der Waals surface area contributed by atoms with Gasteiger partial charge in [0.1, 0.15) is 0 Å². The second kappa shape index (κ2) is 7.95. The minimum atomic E-state index is 0.0689. The first-order valence-electron chi connectivity index (χ1n) is 7.02. The Balaban J connectivity index is 2.45. The molecular weight excluding hydrogens is 238 g/mol. The minimum absolute atomic E-state index is 0.0689. The molecule has 0 fully saturated rings. The number of nitrogens with one attached hydrogen (secondary N) is 1. The van der Waals surface area contributed by atoms with Crippen LogP contribution in [0, 0.1) is 13.8 Å². The van der Waals surface area contributed by atoms with Crippen molar-refractivity contribution in [2.75, 3.05) is 6.61 Å². The fraction of sp³-hybridized carbons (Fsp3) is 0.562. The van der Waals surface area contributed by atoms with Gasteiger partial charge in [-0.1, -0.05) is 36.2 Å². The molecule has 3 nitrogen and oxygen atoms in total. The summed E-state index contributed by atoms with van der Waals surface area (Å²) < 4.78 is 0. The van der Waals surface area contributed by atoms with Crippen LogP contribution in [-0.2, 0) is 11.2 Å². The van der Waals surface area contributed by atoms with Crippen LogP contribution in [0.15, 0.2) is 18.2 Å². The molecule has 1 atom stereocenters. The average Bonchev–Trinajstić information content (AvgIpc) is 2.34. The van der Waals surface area contributed by atoms with Crippen molar-refractivity contribution in [2.45, 2.75) is 52.5 Å². The summed E-state index contributed by atoms with van der Waals surface area (Å²) in [5.74, 6) is 0.0689. The molecule has 1 unspecified atom stereocenters. The van der Waals surface area contributed by atoms with Crippen molar-refractivity contribution >= 4 is 5.91 Å². The zero-order valence-electron chi connectivity index (χ0n) is 12.2. The molecular formula is C16H25NO2. The van der Waals surface area contributed by atoms with E-state index in [1.807, 2.05) is 6.92 Å². The lowest BCUT2D eigenvalue weighted by atomic mass is 10.0. The highest BCUT2D eigenvalue weighted by Gasteiger charge is 2.09. The third kappa shape index (κ3) is 5.88. The van der Waals surface area contributed by atoms with E-state index < -0.39 is 0 Å². The maximum absolute atomic E-state index is 11.8. The lowest BCUT2D eigenvalue weighted by molar-refractivity contribution is -0.121. The first-order chi connectivity index (χ1) is 9.05. The van der Waals surface area contributed by atoms with Gasteiger partial charge in [0.05, 0.1) is 0 Å². The summed E-state index contributed by atoms with van der Waals surface area (Å²) in [6.07, 6.45) is 2.76. The summed E-state index contributed by atoms with van der Waals surface area (Å²) in [7, 11) is 0. The van der Waals surface area contributed by atoms with Gasteiger partial charge in [-0.15, -0.1) is 0 Å². The van der Waals surface area contributed by atoms with E-state index in [1.165, 1.54) is 16.7 Å². The fourth-order valence-electron chi connectivity index (χ4n) is 2.31. The van der Waals surface area contributed by atoms with Crippen molar-refractivity contribution in [1.82, 2.24) is 5.32 Å². The molecule has 3 heteroatoms. The van der Waals surface area contributed by atoms with Gasteiger partial charge in [0.15, 0.2) is 0 Å². The highest BCUT2D eigenvalue weighted by molar-refractivity contribution is 5.76. The molecule has 0 saturated carbocycles. The Morgan fingerprint density at radius 1 is 1.26 bits per heavy atom. The van der Waals surface area contributed by atoms with E-state index in [1.54, 1.807) is 0 Å². The van der Waals surface area contributed by atoms with Crippen molar-refractivity contribution in [3.8, 4) is 0 Å². The highest BCUT2D eigenvalue weighted by Crippen LogP contribution is 2.11. The van der Waals surface area contributed by atoms with Gasteiger partial charge in [-0.3, -0.25) is 4.79 Å². The Morgan fingerprint density at radius 2 is 1.89 bits per heavy atom.